The lowest BCUT2D eigenvalue weighted by Crippen LogP contribution is -2.45. The number of rotatable bonds is 3. The molecule has 0 aliphatic carbocycles. The van der Waals surface area contributed by atoms with E-state index in [-0.39, 0.29) is 37.6 Å². The lowest BCUT2D eigenvalue weighted by molar-refractivity contribution is -0.137. The summed E-state index contributed by atoms with van der Waals surface area (Å²) in [7, 11) is 1.52. The van der Waals surface area contributed by atoms with Crippen molar-refractivity contribution in [3.05, 3.63) is 0 Å². The predicted molar refractivity (Wildman–Crippen MR) is 61.6 cm³/mol. The second kappa shape index (κ2) is 4.93. The van der Waals surface area contributed by atoms with Crippen molar-refractivity contribution in [2.24, 2.45) is 0 Å². The molecule has 0 saturated carbocycles. The van der Waals surface area contributed by atoms with Crippen LogP contribution in [0.15, 0.2) is 0 Å². The molecule has 18 heavy (non-hydrogen) atoms. The van der Waals surface area contributed by atoms with Crippen LogP contribution in [-0.2, 0) is 9.59 Å². The third-order valence-electron chi connectivity index (χ3n) is 3.43. The van der Waals surface area contributed by atoms with E-state index >= 15 is 0 Å². The number of carbonyl (C=O) groups is 3. The van der Waals surface area contributed by atoms with Crippen LogP contribution in [0.2, 0.25) is 0 Å². The Bertz CT molecular complexity index is 384. The van der Waals surface area contributed by atoms with E-state index in [1.165, 1.54) is 11.9 Å². The molecule has 1 N–H and O–H groups in total. The summed E-state index contributed by atoms with van der Waals surface area (Å²) in [5.41, 5.74) is 0. The molecule has 1 unspecified atom stereocenters. The molecule has 0 spiro atoms. The first-order valence-corrected chi connectivity index (χ1v) is 6.00. The molecule has 2 aliphatic heterocycles. The normalized spacial score (nSPS) is 24.3. The van der Waals surface area contributed by atoms with Crippen LogP contribution in [0.5, 0.6) is 0 Å². The van der Waals surface area contributed by atoms with Gasteiger partial charge >= 0.3 is 6.03 Å². The first-order valence-electron chi connectivity index (χ1n) is 6.00. The van der Waals surface area contributed by atoms with E-state index in [0.29, 0.717) is 6.54 Å². The Morgan fingerprint density at radius 2 is 2.17 bits per heavy atom. The third-order valence-corrected chi connectivity index (χ3v) is 3.43. The van der Waals surface area contributed by atoms with Gasteiger partial charge < -0.3 is 14.9 Å². The van der Waals surface area contributed by atoms with Crippen LogP contribution in [0.25, 0.3) is 0 Å². The van der Waals surface area contributed by atoms with Gasteiger partial charge in [-0.2, -0.15) is 0 Å². The van der Waals surface area contributed by atoms with Crippen LogP contribution in [0.4, 0.5) is 4.79 Å². The molecule has 1 atom stereocenters. The second-order valence-electron chi connectivity index (χ2n) is 4.68. The van der Waals surface area contributed by atoms with Crippen molar-refractivity contribution in [1.82, 2.24) is 14.7 Å². The van der Waals surface area contributed by atoms with Crippen molar-refractivity contribution in [3.8, 4) is 0 Å². The zero-order valence-electron chi connectivity index (χ0n) is 10.3. The SMILES string of the molecule is CN1CC(=O)N(CC(=O)N2CCCC2CO)C1=O. The van der Waals surface area contributed by atoms with Gasteiger partial charge in [0.1, 0.15) is 13.1 Å². The van der Waals surface area contributed by atoms with E-state index in [2.05, 4.69) is 0 Å². The fourth-order valence-electron chi connectivity index (χ4n) is 2.40. The number of carbonyl (C=O) groups excluding carboxylic acids is 3. The Labute approximate surface area is 105 Å². The maximum atomic E-state index is 12.0. The number of amides is 4. The fourth-order valence-corrected chi connectivity index (χ4v) is 2.40. The number of urea groups is 1. The highest BCUT2D eigenvalue weighted by Gasteiger charge is 2.37. The Morgan fingerprint density at radius 1 is 1.44 bits per heavy atom. The second-order valence-corrected chi connectivity index (χ2v) is 4.68. The molecule has 2 saturated heterocycles. The van der Waals surface area contributed by atoms with E-state index in [1.807, 2.05) is 0 Å². The van der Waals surface area contributed by atoms with Gasteiger partial charge in [-0.3, -0.25) is 14.5 Å². The number of nitrogens with zero attached hydrogens (tertiary/aromatic N) is 3. The monoisotopic (exact) mass is 255 g/mol. The van der Waals surface area contributed by atoms with Gasteiger partial charge in [0.25, 0.3) is 5.91 Å². The van der Waals surface area contributed by atoms with Crippen molar-refractivity contribution in [3.63, 3.8) is 0 Å². The summed E-state index contributed by atoms with van der Waals surface area (Å²) in [5.74, 6) is -0.626. The van der Waals surface area contributed by atoms with E-state index in [4.69, 9.17) is 5.11 Å². The first kappa shape index (κ1) is 12.8. The van der Waals surface area contributed by atoms with E-state index < -0.39 is 6.03 Å². The summed E-state index contributed by atoms with van der Waals surface area (Å²) in [5, 5.41) is 9.14. The molecule has 0 aromatic carbocycles. The van der Waals surface area contributed by atoms with Crippen LogP contribution in [-0.4, -0.2) is 77.0 Å². The van der Waals surface area contributed by atoms with E-state index in [9.17, 15) is 14.4 Å². The summed E-state index contributed by atoms with van der Waals surface area (Å²) in [6, 6.07) is -0.615. The minimum atomic E-state index is -0.437. The number of aliphatic hydroxyl groups excluding tert-OH is 1. The zero-order chi connectivity index (χ0) is 13.3. The molecule has 0 radical (unpaired) electrons. The predicted octanol–water partition coefficient (Wildman–Crippen LogP) is -1.14. The van der Waals surface area contributed by atoms with Gasteiger partial charge in [0.05, 0.1) is 12.6 Å². The van der Waals surface area contributed by atoms with Crippen molar-refractivity contribution in [1.29, 1.82) is 0 Å². The lowest BCUT2D eigenvalue weighted by atomic mass is 10.2. The minimum absolute atomic E-state index is 0.0234. The summed E-state index contributed by atoms with van der Waals surface area (Å²) in [6.45, 7) is 0.303. The molecule has 7 heteroatoms. The molecule has 2 aliphatic rings. The number of hydrogen-bond acceptors (Lipinski definition) is 4. The molecular formula is C11H17N3O4. The van der Waals surface area contributed by atoms with Crippen molar-refractivity contribution in [2.75, 3.05) is 33.3 Å². The molecule has 0 aromatic rings. The maximum Gasteiger partial charge on any atom is 0.327 e. The Hall–Kier alpha value is -1.63. The van der Waals surface area contributed by atoms with Gasteiger partial charge in [0, 0.05) is 13.6 Å². The average molecular weight is 255 g/mol. The number of aliphatic hydroxyl groups is 1. The van der Waals surface area contributed by atoms with Gasteiger partial charge in [-0.25, -0.2) is 4.79 Å². The van der Waals surface area contributed by atoms with Gasteiger partial charge in [0.15, 0.2) is 0 Å². The quantitative estimate of drug-likeness (QED) is 0.647. The fraction of sp³-hybridized carbons (Fsp3) is 0.727. The highest BCUT2D eigenvalue weighted by atomic mass is 16.3. The van der Waals surface area contributed by atoms with Gasteiger partial charge in [-0.15, -0.1) is 0 Å². The van der Waals surface area contributed by atoms with Gasteiger partial charge in [-0.1, -0.05) is 0 Å². The van der Waals surface area contributed by atoms with E-state index in [0.717, 1.165) is 17.7 Å². The largest absolute Gasteiger partial charge is 0.394 e. The number of imide groups is 1. The number of likely N-dealkylation sites (N-methyl/N-ethyl adjacent to an activating group) is 1. The van der Waals surface area contributed by atoms with Crippen molar-refractivity contribution < 1.29 is 19.5 Å². The molecule has 2 rings (SSSR count). The number of likely N-dealkylation sites (tertiary alicyclic amines) is 1. The summed E-state index contributed by atoms with van der Waals surface area (Å²) >= 11 is 0. The standard InChI is InChI=1S/C11H17N3O4/c1-12-5-9(16)14(11(12)18)6-10(17)13-4-2-3-8(13)7-15/h8,15H,2-7H2,1H3. The van der Waals surface area contributed by atoms with Crippen LogP contribution < -0.4 is 0 Å². The van der Waals surface area contributed by atoms with Crippen LogP contribution in [0.1, 0.15) is 12.8 Å². The maximum absolute atomic E-state index is 12.0. The van der Waals surface area contributed by atoms with Crippen LogP contribution in [0.3, 0.4) is 0 Å². The molecule has 0 aromatic heterocycles. The Balaban J connectivity index is 1.99. The van der Waals surface area contributed by atoms with Crippen molar-refractivity contribution in [2.45, 2.75) is 18.9 Å². The molecule has 100 valence electrons. The minimum Gasteiger partial charge on any atom is -0.394 e. The smallest absolute Gasteiger partial charge is 0.327 e. The zero-order valence-corrected chi connectivity index (χ0v) is 10.3. The molecule has 0 bridgehead atoms. The van der Waals surface area contributed by atoms with Crippen LogP contribution in [0, 0.1) is 0 Å². The lowest BCUT2D eigenvalue weighted by Gasteiger charge is -2.25. The Morgan fingerprint density at radius 3 is 2.72 bits per heavy atom. The molecule has 2 fully saturated rings. The Kier molecular flexibility index (Phi) is 3.51. The summed E-state index contributed by atoms with van der Waals surface area (Å²) in [4.78, 5) is 39.0. The first-order chi connectivity index (χ1) is 8.54. The topological polar surface area (TPSA) is 81.2 Å². The highest BCUT2D eigenvalue weighted by molar-refractivity contribution is 6.04. The van der Waals surface area contributed by atoms with Gasteiger partial charge in [0.2, 0.25) is 5.91 Å². The van der Waals surface area contributed by atoms with Crippen LogP contribution >= 0.6 is 0 Å². The molecular weight excluding hydrogens is 238 g/mol. The molecule has 2 heterocycles. The summed E-state index contributed by atoms with van der Waals surface area (Å²) < 4.78 is 0. The average Bonchev–Trinajstić information content (AvgIpc) is 2.90. The summed E-state index contributed by atoms with van der Waals surface area (Å²) in [6.07, 6.45) is 1.61. The third kappa shape index (κ3) is 2.17. The molecule has 4 amide bonds. The highest BCUT2D eigenvalue weighted by Crippen LogP contribution is 2.18. The molecule has 7 nitrogen and oxygen atoms in total. The van der Waals surface area contributed by atoms with E-state index in [1.54, 1.807) is 4.90 Å². The van der Waals surface area contributed by atoms with Gasteiger partial charge in [-0.05, 0) is 12.8 Å². The number of hydrogen-bond donors (Lipinski definition) is 1. The van der Waals surface area contributed by atoms with Crippen molar-refractivity contribution >= 4 is 17.8 Å².